The number of cyclic esters (lactones) is 1. The highest BCUT2D eigenvalue weighted by Crippen LogP contribution is 2.39. The van der Waals surface area contributed by atoms with Gasteiger partial charge in [-0.05, 0) is 41.8 Å². The lowest BCUT2D eigenvalue weighted by Crippen LogP contribution is -2.25. The number of aliphatic hydroxyl groups is 1. The van der Waals surface area contributed by atoms with E-state index in [1.54, 1.807) is 32.4 Å². The van der Waals surface area contributed by atoms with E-state index in [-0.39, 0.29) is 19.3 Å². The molecule has 1 heterocycles. The van der Waals surface area contributed by atoms with E-state index in [0.717, 1.165) is 5.56 Å². The Morgan fingerprint density at radius 1 is 0.968 bits per heavy atom. The molecule has 0 bridgehead atoms. The molecule has 0 aromatic heterocycles. The number of hydrogen-bond acceptors (Lipinski definition) is 8. The second-order valence-electron chi connectivity index (χ2n) is 7.22. The van der Waals surface area contributed by atoms with Crippen molar-refractivity contribution >= 4 is 5.97 Å². The molecule has 0 radical (unpaired) electrons. The first-order valence-electron chi connectivity index (χ1n) is 9.87. The van der Waals surface area contributed by atoms with Gasteiger partial charge in [-0.2, -0.15) is 0 Å². The van der Waals surface area contributed by atoms with Crippen LogP contribution in [0.15, 0.2) is 36.4 Å². The minimum atomic E-state index is -1.06. The van der Waals surface area contributed by atoms with E-state index in [0.29, 0.717) is 35.0 Å². The van der Waals surface area contributed by atoms with Crippen molar-refractivity contribution in [3.8, 4) is 23.0 Å². The third kappa shape index (κ3) is 5.03. The average molecular weight is 432 g/mol. The molecule has 1 saturated heterocycles. The number of benzene rings is 2. The molecule has 1 unspecified atom stereocenters. The molecule has 1 aliphatic heterocycles. The molecule has 2 aromatic carbocycles. The molecule has 8 heteroatoms. The van der Waals surface area contributed by atoms with E-state index in [1.807, 2.05) is 18.2 Å². The Kier molecular flexibility index (Phi) is 7.59. The van der Waals surface area contributed by atoms with Crippen LogP contribution in [0, 0.1) is 11.8 Å². The van der Waals surface area contributed by atoms with Crippen molar-refractivity contribution < 1.29 is 38.3 Å². The zero-order valence-electron chi connectivity index (χ0n) is 18.1. The van der Waals surface area contributed by atoms with Gasteiger partial charge in [0, 0.05) is 13.0 Å². The molecule has 2 aromatic rings. The van der Waals surface area contributed by atoms with Gasteiger partial charge in [0.05, 0.1) is 40.0 Å². The number of esters is 1. The second kappa shape index (κ2) is 10.4. The molecular weight excluding hydrogens is 404 g/mol. The number of methoxy groups -OCH3 is 4. The number of rotatable bonds is 10. The van der Waals surface area contributed by atoms with Crippen molar-refractivity contribution in [2.24, 2.45) is 11.8 Å². The van der Waals surface area contributed by atoms with E-state index < -0.39 is 18.0 Å². The lowest BCUT2D eigenvalue weighted by atomic mass is 9.83. The van der Waals surface area contributed by atoms with Gasteiger partial charge < -0.3 is 33.5 Å². The van der Waals surface area contributed by atoms with Gasteiger partial charge in [-0.3, -0.25) is 4.79 Å². The van der Waals surface area contributed by atoms with Crippen LogP contribution in [0.2, 0.25) is 0 Å². The maximum Gasteiger partial charge on any atom is 0.312 e. The average Bonchev–Trinajstić information content (AvgIpc) is 3.16. The van der Waals surface area contributed by atoms with Crippen LogP contribution in [0.1, 0.15) is 17.2 Å². The van der Waals surface area contributed by atoms with E-state index in [4.69, 9.17) is 28.4 Å². The standard InChI is InChI=1S/C23H28O8/c1-26-13-31-20-11-15(6-8-18(20)28-3)22(24)21-16(12-30-23(21)25)9-14-5-7-17(27-2)19(10-14)29-4/h5-8,10-11,16,21-22,24H,9,12-13H2,1-4H3/t16-,21-,22?/m0/s1. The Morgan fingerprint density at radius 3 is 2.32 bits per heavy atom. The topological polar surface area (TPSA) is 92.7 Å². The fraction of sp³-hybridized carbons (Fsp3) is 0.435. The van der Waals surface area contributed by atoms with Crippen LogP contribution < -0.4 is 18.9 Å². The molecule has 1 N–H and O–H groups in total. The highest BCUT2D eigenvalue weighted by atomic mass is 16.7. The predicted octanol–water partition coefficient (Wildman–Crippen LogP) is 2.76. The molecule has 0 saturated carbocycles. The number of carbonyl (C=O) groups is 1. The second-order valence-corrected chi connectivity index (χ2v) is 7.22. The SMILES string of the molecule is COCOc1cc(C(O)[C@H]2C(=O)OC[C@@H]2Cc2ccc(OC)c(OC)c2)ccc1OC. The molecule has 1 fully saturated rings. The molecule has 0 amide bonds. The summed E-state index contributed by atoms with van der Waals surface area (Å²) >= 11 is 0. The molecule has 0 spiro atoms. The monoisotopic (exact) mass is 432 g/mol. The summed E-state index contributed by atoms with van der Waals surface area (Å²) in [6, 6.07) is 10.7. The molecular formula is C23H28O8. The first kappa shape index (κ1) is 22.7. The van der Waals surface area contributed by atoms with Crippen molar-refractivity contribution in [2.45, 2.75) is 12.5 Å². The zero-order valence-corrected chi connectivity index (χ0v) is 18.1. The Balaban J connectivity index is 1.82. The summed E-state index contributed by atoms with van der Waals surface area (Å²) < 4.78 is 31.7. The summed E-state index contributed by atoms with van der Waals surface area (Å²) in [7, 11) is 6.19. The van der Waals surface area contributed by atoms with Gasteiger partial charge in [-0.1, -0.05) is 12.1 Å². The molecule has 1 aliphatic rings. The fourth-order valence-electron chi connectivity index (χ4n) is 3.78. The Labute approximate surface area is 181 Å². The van der Waals surface area contributed by atoms with Gasteiger partial charge in [0.25, 0.3) is 0 Å². The first-order valence-corrected chi connectivity index (χ1v) is 9.87. The maximum absolute atomic E-state index is 12.5. The molecule has 3 rings (SSSR count). The summed E-state index contributed by atoms with van der Waals surface area (Å²) in [4.78, 5) is 12.5. The third-order valence-electron chi connectivity index (χ3n) is 5.37. The molecule has 168 valence electrons. The molecule has 3 atom stereocenters. The molecule has 0 aliphatic carbocycles. The Hall–Kier alpha value is -2.97. The Bertz CT molecular complexity index is 897. The van der Waals surface area contributed by atoms with Crippen molar-refractivity contribution in [1.29, 1.82) is 0 Å². The van der Waals surface area contributed by atoms with Crippen LogP contribution in [-0.2, 0) is 20.7 Å². The Morgan fingerprint density at radius 2 is 1.65 bits per heavy atom. The van der Waals surface area contributed by atoms with Crippen LogP contribution in [0.25, 0.3) is 0 Å². The smallest absolute Gasteiger partial charge is 0.312 e. The van der Waals surface area contributed by atoms with Gasteiger partial charge in [-0.15, -0.1) is 0 Å². The predicted molar refractivity (Wildman–Crippen MR) is 112 cm³/mol. The lowest BCUT2D eigenvalue weighted by Gasteiger charge is -2.22. The summed E-state index contributed by atoms with van der Waals surface area (Å²) in [5.74, 6) is 0.824. The quantitative estimate of drug-likeness (QED) is 0.453. The van der Waals surface area contributed by atoms with E-state index in [1.165, 1.54) is 14.2 Å². The minimum absolute atomic E-state index is 0.0311. The van der Waals surface area contributed by atoms with Gasteiger partial charge in [0.1, 0.15) is 0 Å². The normalized spacial score (nSPS) is 18.9. The number of aliphatic hydroxyl groups excluding tert-OH is 1. The van der Waals surface area contributed by atoms with E-state index in [9.17, 15) is 9.90 Å². The van der Waals surface area contributed by atoms with E-state index in [2.05, 4.69) is 0 Å². The zero-order chi connectivity index (χ0) is 22.4. The van der Waals surface area contributed by atoms with Gasteiger partial charge in [-0.25, -0.2) is 0 Å². The van der Waals surface area contributed by atoms with Crippen LogP contribution in [0.5, 0.6) is 23.0 Å². The number of carbonyl (C=O) groups excluding carboxylic acids is 1. The largest absolute Gasteiger partial charge is 0.493 e. The number of hydrogen-bond donors (Lipinski definition) is 1. The van der Waals surface area contributed by atoms with Crippen molar-refractivity contribution in [2.75, 3.05) is 41.8 Å². The third-order valence-corrected chi connectivity index (χ3v) is 5.37. The highest BCUT2D eigenvalue weighted by molar-refractivity contribution is 5.76. The van der Waals surface area contributed by atoms with Crippen LogP contribution >= 0.6 is 0 Å². The maximum atomic E-state index is 12.5. The summed E-state index contributed by atoms with van der Waals surface area (Å²) in [6.07, 6.45) is -0.521. The van der Waals surface area contributed by atoms with Crippen molar-refractivity contribution in [1.82, 2.24) is 0 Å². The van der Waals surface area contributed by atoms with E-state index >= 15 is 0 Å². The number of ether oxygens (including phenoxy) is 6. The van der Waals surface area contributed by atoms with Gasteiger partial charge in [0.2, 0.25) is 0 Å². The van der Waals surface area contributed by atoms with Crippen LogP contribution in [-0.4, -0.2) is 52.9 Å². The lowest BCUT2D eigenvalue weighted by molar-refractivity contribution is -0.144. The van der Waals surface area contributed by atoms with Gasteiger partial charge in [0.15, 0.2) is 29.8 Å². The minimum Gasteiger partial charge on any atom is -0.493 e. The van der Waals surface area contributed by atoms with Crippen LogP contribution in [0.3, 0.4) is 0 Å². The van der Waals surface area contributed by atoms with Crippen LogP contribution in [0.4, 0.5) is 0 Å². The fourth-order valence-corrected chi connectivity index (χ4v) is 3.78. The molecule has 31 heavy (non-hydrogen) atoms. The van der Waals surface area contributed by atoms with Crippen molar-refractivity contribution in [3.05, 3.63) is 47.5 Å². The first-order chi connectivity index (χ1) is 15.0. The summed E-state index contributed by atoms with van der Waals surface area (Å²) in [5, 5.41) is 11.1. The summed E-state index contributed by atoms with van der Waals surface area (Å²) in [5.41, 5.74) is 1.49. The van der Waals surface area contributed by atoms with Crippen molar-refractivity contribution in [3.63, 3.8) is 0 Å². The summed E-state index contributed by atoms with van der Waals surface area (Å²) in [6.45, 7) is 0.265. The van der Waals surface area contributed by atoms with Gasteiger partial charge >= 0.3 is 5.97 Å². The highest BCUT2D eigenvalue weighted by Gasteiger charge is 2.42. The molecule has 8 nitrogen and oxygen atoms in total.